The maximum absolute atomic E-state index is 12.1. The smallest absolute Gasteiger partial charge is 0.239 e. The molecular weight excluding hydrogens is 246 g/mol. The lowest BCUT2D eigenvalue weighted by Gasteiger charge is -2.29. The van der Waals surface area contributed by atoms with Crippen LogP contribution < -0.4 is 5.32 Å². The van der Waals surface area contributed by atoms with Crippen LogP contribution in [0.25, 0.3) is 0 Å². The van der Waals surface area contributed by atoms with Crippen molar-refractivity contribution in [3.05, 3.63) is 0 Å². The van der Waals surface area contributed by atoms with Crippen molar-refractivity contribution in [2.45, 2.75) is 26.8 Å². The van der Waals surface area contributed by atoms with Crippen LogP contribution in [0.3, 0.4) is 0 Å². The van der Waals surface area contributed by atoms with Gasteiger partial charge < -0.3 is 14.5 Å². The third-order valence-electron chi connectivity index (χ3n) is 3.37. The molecule has 1 aliphatic rings. The van der Waals surface area contributed by atoms with E-state index in [-0.39, 0.29) is 24.4 Å². The Labute approximate surface area is 115 Å². The summed E-state index contributed by atoms with van der Waals surface area (Å²) in [5.41, 5.74) is 0. The fraction of sp³-hybridized carbons (Fsp3) is 0.846. The van der Waals surface area contributed by atoms with E-state index in [2.05, 4.69) is 5.32 Å². The molecular formula is C13H25N3O3. The lowest BCUT2D eigenvalue weighted by atomic mass is 10.2. The van der Waals surface area contributed by atoms with Crippen LogP contribution in [-0.2, 0) is 14.3 Å². The molecule has 19 heavy (non-hydrogen) atoms. The lowest BCUT2D eigenvalue weighted by Crippen LogP contribution is -2.51. The number of nitrogens with one attached hydrogen (secondary N) is 1. The number of carbonyl (C=O) groups is 2. The molecule has 0 aromatic carbocycles. The van der Waals surface area contributed by atoms with E-state index in [1.54, 1.807) is 16.7 Å². The van der Waals surface area contributed by atoms with Crippen LogP contribution >= 0.6 is 0 Å². The summed E-state index contributed by atoms with van der Waals surface area (Å²) in [4.78, 5) is 27.5. The van der Waals surface area contributed by atoms with Gasteiger partial charge in [0, 0.05) is 26.2 Å². The molecule has 1 N–H and O–H groups in total. The van der Waals surface area contributed by atoms with Crippen LogP contribution in [-0.4, -0.2) is 73.6 Å². The van der Waals surface area contributed by atoms with E-state index >= 15 is 0 Å². The standard InChI is InChI=1S/C13H25N3O3/c1-4-15(5-2)12(17)10-14-11(3)13(18)16-6-8-19-9-7-16/h11,14H,4-10H2,1-3H3. The van der Waals surface area contributed by atoms with Crippen molar-refractivity contribution >= 4 is 11.8 Å². The van der Waals surface area contributed by atoms with Crippen LogP contribution in [0.4, 0.5) is 0 Å². The van der Waals surface area contributed by atoms with Crippen molar-refractivity contribution in [3.8, 4) is 0 Å². The Kier molecular flexibility index (Phi) is 6.80. The predicted molar refractivity (Wildman–Crippen MR) is 72.8 cm³/mol. The second-order valence-corrected chi connectivity index (χ2v) is 4.61. The normalized spacial score (nSPS) is 17.1. The first-order chi connectivity index (χ1) is 9.10. The quantitative estimate of drug-likeness (QED) is 0.720. The van der Waals surface area contributed by atoms with Gasteiger partial charge in [0.1, 0.15) is 0 Å². The van der Waals surface area contributed by atoms with Crippen molar-refractivity contribution < 1.29 is 14.3 Å². The van der Waals surface area contributed by atoms with Gasteiger partial charge in [0.25, 0.3) is 0 Å². The van der Waals surface area contributed by atoms with Crippen molar-refractivity contribution in [1.82, 2.24) is 15.1 Å². The SMILES string of the molecule is CCN(CC)C(=O)CNC(C)C(=O)N1CCOCC1. The Bertz CT molecular complexity index is 300. The van der Waals surface area contributed by atoms with Crippen LogP contribution in [0, 0.1) is 0 Å². The second-order valence-electron chi connectivity index (χ2n) is 4.61. The third kappa shape index (κ3) is 4.80. The Morgan fingerprint density at radius 3 is 2.37 bits per heavy atom. The molecule has 110 valence electrons. The zero-order chi connectivity index (χ0) is 14.3. The van der Waals surface area contributed by atoms with Crippen molar-refractivity contribution in [3.63, 3.8) is 0 Å². The molecule has 1 aliphatic heterocycles. The van der Waals surface area contributed by atoms with Gasteiger partial charge >= 0.3 is 0 Å². The molecule has 1 unspecified atom stereocenters. The number of nitrogens with zero attached hydrogens (tertiary/aromatic N) is 2. The summed E-state index contributed by atoms with van der Waals surface area (Å²) in [5, 5.41) is 3.01. The van der Waals surface area contributed by atoms with Gasteiger partial charge in [-0.2, -0.15) is 0 Å². The highest BCUT2D eigenvalue weighted by Crippen LogP contribution is 2.00. The van der Waals surface area contributed by atoms with E-state index in [0.717, 1.165) is 0 Å². The zero-order valence-corrected chi connectivity index (χ0v) is 12.1. The molecule has 6 nitrogen and oxygen atoms in total. The first-order valence-corrected chi connectivity index (χ1v) is 6.97. The van der Waals surface area contributed by atoms with E-state index in [4.69, 9.17) is 4.74 Å². The van der Waals surface area contributed by atoms with Crippen LogP contribution in [0.1, 0.15) is 20.8 Å². The Balaban J connectivity index is 2.35. The monoisotopic (exact) mass is 271 g/mol. The Morgan fingerprint density at radius 1 is 1.26 bits per heavy atom. The molecule has 0 aromatic rings. The van der Waals surface area contributed by atoms with Crippen LogP contribution in [0.15, 0.2) is 0 Å². The van der Waals surface area contributed by atoms with Gasteiger partial charge in [-0.3, -0.25) is 14.9 Å². The molecule has 0 radical (unpaired) electrons. The Morgan fingerprint density at radius 2 is 1.84 bits per heavy atom. The highest BCUT2D eigenvalue weighted by Gasteiger charge is 2.22. The van der Waals surface area contributed by atoms with E-state index in [1.807, 2.05) is 13.8 Å². The molecule has 0 aromatic heterocycles. The summed E-state index contributed by atoms with van der Waals surface area (Å²) < 4.78 is 5.21. The van der Waals surface area contributed by atoms with Crippen molar-refractivity contribution in [1.29, 1.82) is 0 Å². The predicted octanol–water partition coefficient (Wildman–Crippen LogP) is -0.308. The number of morpholine rings is 1. The molecule has 1 fully saturated rings. The average Bonchev–Trinajstić information content (AvgIpc) is 2.46. The zero-order valence-electron chi connectivity index (χ0n) is 12.1. The molecule has 6 heteroatoms. The van der Waals surface area contributed by atoms with Crippen molar-refractivity contribution in [2.75, 3.05) is 45.9 Å². The number of hydrogen-bond acceptors (Lipinski definition) is 4. The minimum Gasteiger partial charge on any atom is -0.378 e. The first kappa shape index (κ1) is 15.9. The highest BCUT2D eigenvalue weighted by atomic mass is 16.5. The number of rotatable bonds is 6. The summed E-state index contributed by atoms with van der Waals surface area (Å²) in [6, 6.07) is -0.336. The molecule has 1 atom stereocenters. The summed E-state index contributed by atoms with van der Waals surface area (Å²) in [5.74, 6) is 0.0716. The number of hydrogen-bond donors (Lipinski definition) is 1. The topological polar surface area (TPSA) is 61.9 Å². The van der Waals surface area contributed by atoms with Crippen molar-refractivity contribution in [2.24, 2.45) is 0 Å². The molecule has 0 spiro atoms. The average molecular weight is 271 g/mol. The molecule has 0 bridgehead atoms. The highest BCUT2D eigenvalue weighted by molar-refractivity contribution is 5.83. The maximum Gasteiger partial charge on any atom is 0.239 e. The van der Waals surface area contributed by atoms with E-state index < -0.39 is 0 Å². The maximum atomic E-state index is 12.1. The van der Waals surface area contributed by atoms with Gasteiger partial charge in [-0.25, -0.2) is 0 Å². The number of carbonyl (C=O) groups excluding carboxylic acids is 2. The number of amides is 2. The van der Waals surface area contributed by atoms with E-state index in [1.165, 1.54) is 0 Å². The minimum absolute atomic E-state index is 0.0339. The summed E-state index contributed by atoms with van der Waals surface area (Å²) >= 11 is 0. The second kappa shape index (κ2) is 8.12. The summed E-state index contributed by atoms with van der Waals surface area (Å²) in [6.45, 7) is 9.75. The molecule has 2 amide bonds. The van der Waals surface area contributed by atoms with Crippen LogP contribution in [0.2, 0.25) is 0 Å². The molecule has 1 heterocycles. The number of likely N-dealkylation sites (N-methyl/N-ethyl adjacent to an activating group) is 1. The largest absolute Gasteiger partial charge is 0.378 e. The summed E-state index contributed by atoms with van der Waals surface area (Å²) in [7, 11) is 0. The number of ether oxygens (including phenoxy) is 1. The molecule has 1 saturated heterocycles. The van der Waals surface area contributed by atoms with Gasteiger partial charge in [-0.15, -0.1) is 0 Å². The molecule has 0 aliphatic carbocycles. The lowest BCUT2D eigenvalue weighted by molar-refractivity contribution is -0.137. The van der Waals surface area contributed by atoms with Gasteiger partial charge in [0.2, 0.25) is 11.8 Å². The van der Waals surface area contributed by atoms with E-state index in [9.17, 15) is 9.59 Å². The first-order valence-electron chi connectivity index (χ1n) is 6.97. The minimum atomic E-state index is -0.336. The fourth-order valence-corrected chi connectivity index (χ4v) is 2.07. The van der Waals surface area contributed by atoms with Crippen LogP contribution in [0.5, 0.6) is 0 Å². The van der Waals surface area contributed by atoms with E-state index in [0.29, 0.717) is 39.4 Å². The molecule has 1 rings (SSSR count). The summed E-state index contributed by atoms with van der Waals surface area (Å²) in [6.07, 6.45) is 0. The van der Waals surface area contributed by atoms with Gasteiger partial charge in [-0.05, 0) is 20.8 Å². The third-order valence-corrected chi connectivity index (χ3v) is 3.37. The Hall–Kier alpha value is -1.14. The van der Waals surface area contributed by atoms with Gasteiger partial charge in [-0.1, -0.05) is 0 Å². The fourth-order valence-electron chi connectivity index (χ4n) is 2.07. The molecule has 0 saturated carbocycles. The van der Waals surface area contributed by atoms with Gasteiger partial charge in [0.15, 0.2) is 0 Å². The van der Waals surface area contributed by atoms with Gasteiger partial charge in [0.05, 0.1) is 25.8 Å².